The van der Waals surface area contributed by atoms with E-state index in [-0.39, 0.29) is 5.92 Å². The Balaban J connectivity index is 2.02. The summed E-state index contributed by atoms with van der Waals surface area (Å²) in [5, 5.41) is 0. The second-order valence-electron chi connectivity index (χ2n) is 5.41. The van der Waals surface area contributed by atoms with Crippen LogP contribution in [0.5, 0.6) is 0 Å². The molecule has 0 fully saturated rings. The van der Waals surface area contributed by atoms with Crippen LogP contribution in [-0.2, 0) is 6.42 Å². The van der Waals surface area contributed by atoms with Crippen molar-refractivity contribution in [2.75, 3.05) is 0 Å². The Bertz CT molecular complexity index is 728. The number of aromatic amines is 1. The fourth-order valence-corrected chi connectivity index (χ4v) is 2.71. The van der Waals surface area contributed by atoms with Gasteiger partial charge in [0.25, 0.3) is 0 Å². The van der Waals surface area contributed by atoms with Gasteiger partial charge in [-0.1, -0.05) is 18.2 Å². The maximum Gasteiger partial charge on any atom is 0.191 e. The lowest BCUT2D eigenvalue weighted by Gasteiger charge is -2.18. The lowest BCUT2D eigenvalue weighted by Crippen LogP contribution is -2.08. The molecular weight excluding hydrogens is 262 g/mol. The van der Waals surface area contributed by atoms with E-state index in [1.54, 1.807) is 12.6 Å². The SMILES string of the molecule is Cc1nc(C[C@@H](c2cnc[nH]2)c2cccc(C)c2C)co1. The van der Waals surface area contributed by atoms with E-state index in [1.165, 1.54) is 16.7 Å². The van der Waals surface area contributed by atoms with Crippen LogP contribution in [0.4, 0.5) is 0 Å². The Labute approximate surface area is 124 Å². The molecule has 0 radical (unpaired) electrons. The largest absolute Gasteiger partial charge is 0.449 e. The summed E-state index contributed by atoms with van der Waals surface area (Å²) >= 11 is 0. The maximum atomic E-state index is 5.34. The number of nitrogens with zero attached hydrogens (tertiary/aromatic N) is 2. The van der Waals surface area contributed by atoms with Gasteiger partial charge in [0.05, 0.1) is 12.0 Å². The molecule has 0 amide bonds. The van der Waals surface area contributed by atoms with Gasteiger partial charge in [0, 0.05) is 31.2 Å². The highest BCUT2D eigenvalue weighted by molar-refractivity contribution is 5.39. The number of aromatic nitrogens is 3. The molecule has 108 valence electrons. The van der Waals surface area contributed by atoms with Crippen molar-refractivity contribution in [2.45, 2.75) is 33.1 Å². The van der Waals surface area contributed by atoms with Crippen molar-refractivity contribution >= 4 is 0 Å². The average Bonchev–Trinajstić information content (AvgIpc) is 3.11. The minimum Gasteiger partial charge on any atom is -0.449 e. The minimum atomic E-state index is 0.205. The number of imidazole rings is 1. The zero-order valence-corrected chi connectivity index (χ0v) is 12.6. The summed E-state index contributed by atoms with van der Waals surface area (Å²) in [5.41, 5.74) is 5.99. The average molecular weight is 281 g/mol. The Morgan fingerprint density at radius 1 is 1.24 bits per heavy atom. The van der Waals surface area contributed by atoms with E-state index < -0.39 is 0 Å². The van der Waals surface area contributed by atoms with Crippen molar-refractivity contribution < 1.29 is 4.42 Å². The lowest BCUT2D eigenvalue weighted by atomic mass is 9.87. The third-order valence-electron chi connectivity index (χ3n) is 4.00. The minimum absolute atomic E-state index is 0.205. The topological polar surface area (TPSA) is 54.7 Å². The highest BCUT2D eigenvalue weighted by atomic mass is 16.3. The van der Waals surface area contributed by atoms with Gasteiger partial charge in [-0.3, -0.25) is 0 Å². The first-order valence-corrected chi connectivity index (χ1v) is 7.10. The first-order valence-electron chi connectivity index (χ1n) is 7.10. The van der Waals surface area contributed by atoms with Gasteiger partial charge in [0.1, 0.15) is 6.26 Å². The molecule has 0 aliphatic rings. The third-order valence-corrected chi connectivity index (χ3v) is 4.00. The summed E-state index contributed by atoms with van der Waals surface area (Å²) < 4.78 is 5.34. The summed E-state index contributed by atoms with van der Waals surface area (Å²) in [6.45, 7) is 6.18. The molecule has 2 aromatic heterocycles. The lowest BCUT2D eigenvalue weighted by molar-refractivity contribution is 0.520. The summed E-state index contributed by atoms with van der Waals surface area (Å²) in [6, 6.07) is 6.43. The van der Waals surface area contributed by atoms with Crippen molar-refractivity contribution in [3.8, 4) is 0 Å². The number of hydrogen-bond donors (Lipinski definition) is 1. The zero-order chi connectivity index (χ0) is 14.8. The zero-order valence-electron chi connectivity index (χ0n) is 12.6. The van der Waals surface area contributed by atoms with E-state index in [1.807, 2.05) is 13.1 Å². The van der Waals surface area contributed by atoms with Crippen molar-refractivity contribution in [1.29, 1.82) is 0 Å². The van der Waals surface area contributed by atoms with E-state index in [0.717, 1.165) is 17.8 Å². The Kier molecular flexibility index (Phi) is 3.60. The van der Waals surface area contributed by atoms with Gasteiger partial charge >= 0.3 is 0 Å². The van der Waals surface area contributed by atoms with Gasteiger partial charge in [-0.05, 0) is 30.5 Å². The van der Waals surface area contributed by atoms with Gasteiger partial charge in [0.15, 0.2) is 5.89 Å². The predicted molar refractivity (Wildman–Crippen MR) is 81.3 cm³/mol. The monoisotopic (exact) mass is 281 g/mol. The molecule has 1 atom stereocenters. The summed E-state index contributed by atoms with van der Waals surface area (Å²) in [4.78, 5) is 11.8. The standard InChI is InChI=1S/C17H19N3O/c1-11-5-4-6-15(12(11)2)16(17-8-18-10-19-17)7-14-9-21-13(3)20-14/h4-6,8-10,16H,7H2,1-3H3,(H,18,19)/t16-/m1/s1. The molecule has 4 nitrogen and oxygen atoms in total. The normalized spacial score (nSPS) is 12.5. The number of aryl methyl sites for hydroxylation is 2. The van der Waals surface area contributed by atoms with Gasteiger partial charge in [-0.25, -0.2) is 9.97 Å². The van der Waals surface area contributed by atoms with Crippen LogP contribution in [0, 0.1) is 20.8 Å². The molecule has 0 spiro atoms. The number of hydrogen-bond acceptors (Lipinski definition) is 3. The van der Waals surface area contributed by atoms with Crippen molar-refractivity contribution in [1.82, 2.24) is 15.0 Å². The molecule has 0 unspecified atom stereocenters. The number of nitrogens with one attached hydrogen (secondary N) is 1. The van der Waals surface area contributed by atoms with Gasteiger partial charge in [0.2, 0.25) is 0 Å². The molecule has 21 heavy (non-hydrogen) atoms. The van der Waals surface area contributed by atoms with E-state index in [4.69, 9.17) is 4.42 Å². The summed E-state index contributed by atoms with van der Waals surface area (Å²) in [6.07, 6.45) is 6.15. The molecule has 3 aromatic rings. The van der Waals surface area contributed by atoms with Crippen LogP contribution in [0.15, 0.2) is 41.4 Å². The molecule has 0 aliphatic carbocycles. The molecule has 0 bridgehead atoms. The van der Waals surface area contributed by atoms with Crippen LogP contribution in [-0.4, -0.2) is 15.0 Å². The van der Waals surface area contributed by atoms with E-state index in [0.29, 0.717) is 5.89 Å². The highest BCUT2D eigenvalue weighted by Gasteiger charge is 2.20. The molecule has 3 rings (SSSR count). The first-order chi connectivity index (χ1) is 10.1. The molecule has 1 aromatic carbocycles. The Hall–Kier alpha value is -2.36. The van der Waals surface area contributed by atoms with Crippen LogP contribution < -0.4 is 0 Å². The summed E-state index contributed by atoms with van der Waals surface area (Å²) in [7, 11) is 0. The quantitative estimate of drug-likeness (QED) is 0.793. The Morgan fingerprint density at radius 3 is 2.76 bits per heavy atom. The fourth-order valence-electron chi connectivity index (χ4n) is 2.71. The fraction of sp³-hybridized carbons (Fsp3) is 0.294. The van der Waals surface area contributed by atoms with Gasteiger partial charge in [-0.2, -0.15) is 0 Å². The summed E-state index contributed by atoms with van der Waals surface area (Å²) in [5.74, 6) is 0.909. The molecule has 2 heterocycles. The van der Waals surface area contributed by atoms with Crippen molar-refractivity contribution in [2.24, 2.45) is 0 Å². The number of H-pyrrole nitrogens is 1. The smallest absolute Gasteiger partial charge is 0.191 e. The van der Waals surface area contributed by atoms with Crippen molar-refractivity contribution in [3.05, 3.63) is 71.0 Å². The van der Waals surface area contributed by atoms with Gasteiger partial charge < -0.3 is 9.40 Å². The second-order valence-corrected chi connectivity index (χ2v) is 5.41. The molecule has 0 saturated carbocycles. The molecule has 4 heteroatoms. The van der Waals surface area contributed by atoms with Crippen LogP contribution in [0.25, 0.3) is 0 Å². The number of rotatable bonds is 4. The number of benzene rings is 1. The molecular formula is C17H19N3O. The Morgan fingerprint density at radius 2 is 2.10 bits per heavy atom. The van der Waals surface area contributed by atoms with Crippen LogP contribution >= 0.6 is 0 Å². The van der Waals surface area contributed by atoms with Gasteiger partial charge in [-0.15, -0.1) is 0 Å². The van der Waals surface area contributed by atoms with E-state index in [9.17, 15) is 0 Å². The van der Waals surface area contributed by atoms with E-state index in [2.05, 4.69) is 47.0 Å². The predicted octanol–water partition coefficient (Wildman–Crippen LogP) is 3.70. The first kappa shape index (κ1) is 13.6. The highest BCUT2D eigenvalue weighted by Crippen LogP contribution is 2.30. The molecule has 0 saturated heterocycles. The van der Waals surface area contributed by atoms with Crippen LogP contribution in [0.2, 0.25) is 0 Å². The van der Waals surface area contributed by atoms with Crippen LogP contribution in [0.1, 0.15) is 39.9 Å². The molecule has 0 aliphatic heterocycles. The molecule has 1 N–H and O–H groups in total. The maximum absolute atomic E-state index is 5.34. The number of oxazole rings is 1. The van der Waals surface area contributed by atoms with Crippen LogP contribution in [0.3, 0.4) is 0 Å². The third kappa shape index (κ3) is 2.75. The van der Waals surface area contributed by atoms with E-state index >= 15 is 0 Å². The second kappa shape index (κ2) is 5.56. The van der Waals surface area contributed by atoms with Crippen molar-refractivity contribution in [3.63, 3.8) is 0 Å².